The van der Waals surface area contributed by atoms with Gasteiger partial charge in [0.25, 0.3) is 0 Å². The minimum absolute atomic E-state index is 0.00321. The molecule has 1 saturated carbocycles. The van der Waals surface area contributed by atoms with E-state index in [1.165, 1.54) is 22.9 Å². The van der Waals surface area contributed by atoms with Crippen molar-refractivity contribution in [3.8, 4) is 11.4 Å². The highest BCUT2D eigenvalue weighted by Crippen LogP contribution is 2.40. The molecule has 3 aromatic rings. The highest BCUT2D eigenvalue weighted by molar-refractivity contribution is 7.99. The van der Waals surface area contributed by atoms with E-state index in [9.17, 15) is 4.79 Å². The summed E-state index contributed by atoms with van der Waals surface area (Å²) in [6, 6.07) is 10.6. The van der Waals surface area contributed by atoms with Crippen molar-refractivity contribution in [2.45, 2.75) is 50.9 Å². The molecule has 6 nitrogen and oxygen atoms in total. The van der Waals surface area contributed by atoms with E-state index in [1.807, 2.05) is 19.1 Å². The van der Waals surface area contributed by atoms with Gasteiger partial charge < -0.3 is 5.32 Å². The number of aryl methyl sites for hydroxylation is 2. The van der Waals surface area contributed by atoms with Gasteiger partial charge in [0, 0.05) is 24.0 Å². The molecule has 0 radical (unpaired) electrons. The van der Waals surface area contributed by atoms with Crippen LogP contribution >= 0.6 is 11.8 Å². The molecule has 1 N–H and O–H groups in total. The number of hydrogen-bond donors (Lipinski definition) is 1. The zero-order valence-corrected chi connectivity index (χ0v) is 17.7. The topological polar surface area (TPSA) is 72.7 Å². The fourth-order valence-electron chi connectivity index (χ4n) is 3.27. The summed E-state index contributed by atoms with van der Waals surface area (Å²) >= 11 is 1.44. The van der Waals surface area contributed by atoms with E-state index in [4.69, 9.17) is 0 Å². The molecule has 1 fully saturated rings. The van der Waals surface area contributed by atoms with Crippen molar-refractivity contribution in [2.75, 3.05) is 5.75 Å². The number of rotatable bonds is 7. The first-order valence-corrected chi connectivity index (χ1v) is 10.9. The first-order chi connectivity index (χ1) is 14.0. The predicted octanol–water partition coefficient (Wildman–Crippen LogP) is 4.26. The zero-order valence-electron chi connectivity index (χ0n) is 16.9. The van der Waals surface area contributed by atoms with Crippen LogP contribution in [0.1, 0.15) is 48.5 Å². The Bertz CT molecular complexity index is 1010. The number of thioether (sulfide) groups is 1. The third-order valence-corrected chi connectivity index (χ3v) is 6.20. The van der Waals surface area contributed by atoms with Gasteiger partial charge in [0.1, 0.15) is 0 Å². The van der Waals surface area contributed by atoms with Crippen LogP contribution < -0.4 is 5.32 Å². The average Bonchev–Trinajstić information content (AvgIpc) is 3.48. The van der Waals surface area contributed by atoms with Crippen molar-refractivity contribution in [1.29, 1.82) is 0 Å². The summed E-state index contributed by atoms with van der Waals surface area (Å²) in [6.45, 7) is 6.20. The van der Waals surface area contributed by atoms with E-state index in [1.54, 1.807) is 12.4 Å². The van der Waals surface area contributed by atoms with Gasteiger partial charge >= 0.3 is 0 Å². The van der Waals surface area contributed by atoms with E-state index in [0.29, 0.717) is 11.8 Å². The number of aromatic nitrogens is 4. The highest BCUT2D eigenvalue weighted by atomic mass is 32.2. The molecular weight excluding hydrogens is 382 g/mol. The van der Waals surface area contributed by atoms with Crippen LogP contribution in [0.15, 0.2) is 47.9 Å². The lowest BCUT2D eigenvalue weighted by atomic mass is 10.0. The number of nitrogens with one attached hydrogen (secondary N) is 1. The van der Waals surface area contributed by atoms with Crippen LogP contribution in [-0.2, 0) is 4.79 Å². The summed E-state index contributed by atoms with van der Waals surface area (Å²) < 4.78 is 2.17. The van der Waals surface area contributed by atoms with Crippen LogP contribution in [-0.4, -0.2) is 31.4 Å². The van der Waals surface area contributed by atoms with Crippen LogP contribution in [0.25, 0.3) is 11.4 Å². The average molecular weight is 408 g/mol. The van der Waals surface area contributed by atoms with Gasteiger partial charge in [-0.05, 0) is 62.4 Å². The summed E-state index contributed by atoms with van der Waals surface area (Å²) in [5, 5.41) is 12.6. The molecule has 7 heteroatoms. The Hall–Kier alpha value is -2.67. The molecule has 1 aliphatic carbocycles. The van der Waals surface area contributed by atoms with E-state index in [0.717, 1.165) is 34.9 Å². The second kappa shape index (κ2) is 8.37. The fraction of sp³-hybridized carbons (Fsp3) is 0.364. The minimum Gasteiger partial charge on any atom is -0.349 e. The van der Waals surface area contributed by atoms with Gasteiger partial charge in [-0.2, -0.15) is 0 Å². The zero-order chi connectivity index (χ0) is 20.4. The Morgan fingerprint density at radius 3 is 2.62 bits per heavy atom. The number of hydrogen-bond acceptors (Lipinski definition) is 5. The number of amides is 1. The number of nitrogens with zero attached hydrogens (tertiary/aromatic N) is 4. The lowest BCUT2D eigenvalue weighted by Gasteiger charge is -2.15. The maximum atomic E-state index is 12.5. The molecule has 1 amide bonds. The molecule has 150 valence electrons. The second-order valence-electron chi connectivity index (χ2n) is 7.56. The molecule has 2 aromatic heterocycles. The monoisotopic (exact) mass is 407 g/mol. The van der Waals surface area contributed by atoms with Crippen LogP contribution in [0.4, 0.5) is 0 Å². The maximum absolute atomic E-state index is 12.5. The molecule has 1 aliphatic rings. The SMILES string of the molecule is Cc1ccc([C@@H](C)NC(=O)CSc2nnc(-c3ccncc3)n2C2CC2)cc1C. The summed E-state index contributed by atoms with van der Waals surface area (Å²) in [4.78, 5) is 16.6. The Balaban J connectivity index is 1.42. The number of benzene rings is 1. The van der Waals surface area contributed by atoms with Gasteiger partial charge in [-0.25, -0.2) is 0 Å². The molecular formula is C22H25N5OS. The van der Waals surface area contributed by atoms with Gasteiger partial charge in [-0.3, -0.25) is 14.3 Å². The molecule has 4 rings (SSSR count). The summed E-state index contributed by atoms with van der Waals surface area (Å²) in [5.41, 5.74) is 4.61. The predicted molar refractivity (Wildman–Crippen MR) is 115 cm³/mol. The summed E-state index contributed by atoms with van der Waals surface area (Å²) in [6.07, 6.45) is 5.77. The van der Waals surface area contributed by atoms with Crippen LogP contribution in [0.3, 0.4) is 0 Å². The molecule has 2 heterocycles. The number of carbonyl (C=O) groups excluding carboxylic acids is 1. The Labute approximate surface area is 175 Å². The molecule has 0 unspecified atom stereocenters. The Morgan fingerprint density at radius 1 is 1.17 bits per heavy atom. The van der Waals surface area contributed by atoms with Crippen LogP contribution in [0.2, 0.25) is 0 Å². The molecule has 29 heavy (non-hydrogen) atoms. The van der Waals surface area contributed by atoms with Gasteiger partial charge in [0.2, 0.25) is 5.91 Å². The second-order valence-corrected chi connectivity index (χ2v) is 8.51. The van der Waals surface area contributed by atoms with Gasteiger partial charge in [0.05, 0.1) is 11.8 Å². The normalized spacial score (nSPS) is 14.6. The van der Waals surface area contributed by atoms with Crippen molar-refractivity contribution in [1.82, 2.24) is 25.1 Å². The van der Waals surface area contributed by atoms with Gasteiger partial charge in [0.15, 0.2) is 11.0 Å². The van der Waals surface area contributed by atoms with Crippen molar-refractivity contribution in [2.24, 2.45) is 0 Å². The lowest BCUT2D eigenvalue weighted by Crippen LogP contribution is -2.28. The first kappa shape index (κ1) is 19.6. The largest absolute Gasteiger partial charge is 0.349 e. The number of carbonyl (C=O) groups is 1. The van der Waals surface area contributed by atoms with Crippen molar-refractivity contribution in [3.05, 3.63) is 59.4 Å². The molecule has 0 aliphatic heterocycles. The highest BCUT2D eigenvalue weighted by Gasteiger charge is 2.30. The molecule has 0 saturated heterocycles. The van der Waals surface area contributed by atoms with Gasteiger partial charge in [-0.1, -0.05) is 30.0 Å². The first-order valence-electron chi connectivity index (χ1n) is 9.87. The minimum atomic E-state index is -0.0314. The summed E-state index contributed by atoms with van der Waals surface area (Å²) in [5.74, 6) is 1.16. The maximum Gasteiger partial charge on any atom is 0.230 e. The van der Waals surface area contributed by atoms with Crippen LogP contribution in [0.5, 0.6) is 0 Å². The van der Waals surface area contributed by atoms with E-state index >= 15 is 0 Å². The van der Waals surface area contributed by atoms with E-state index in [2.05, 4.69) is 57.1 Å². The molecule has 1 atom stereocenters. The smallest absolute Gasteiger partial charge is 0.230 e. The van der Waals surface area contributed by atoms with Crippen molar-refractivity contribution in [3.63, 3.8) is 0 Å². The summed E-state index contributed by atoms with van der Waals surface area (Å²) in [7, 11) is 0. The fourth-order valence-corrected chi connectivity index (χ4v) is 4.08. The van der Waals surface area contributed by atoms with Crippen molar-refractivity contribution >= 4 is 17.7 Å². The molecule has 1 aromatic carbocycles. The lowest BCUT2D eigenvalue weighted by molar-refractivity contribution is -0.119. The molecule has 0 bridgehead atoms. The Morgan fingerprint density at radius 2 is 1.93 bits per heavy atom. The number of pyridine rings is 1. The van der Waals surface area contributed by atoms with E-state index < -0.39 is 0 Å². The van der Waals surface area contributed by atoms with E-state index in [-0.39, 0.29) is 11.9 Å². The van der Waals surface area contributed by atoms with Crippen LogP contribution in [0, 0.1) is 13.8 Å². The third kappa shape index (κ3) is 4.50. The van der Waals surface area contributed by atoms with Crippen molar-refractivity contribution < 1.29 is 4.79 Å². The van der Waals surface area contributed by atoms with Gasteiger partial charge in [-0.15, -0.1) is 10.2 Å². The third-order valence-electron chi connectivity index (χ3n) is 5.26. The standard InChI is InChI=1S/C22H25N5OS/c1-14-4-5-18(12-15(14)2)16(3)24-20(28)13-29-22-26-25-21(27(22)19-6-7-19)17-8-10-23-11-9-17/h4-5,8-12,16,19H,6-7,13H2,1-3H3,(H,24,28)/t16-/m1/s1. The Kier molecular flexibility index (Phi) is 5.67. The molecule has 0 spiro atoms. The quantitative estimate of drug-likeness (QED) is 0.593.